The fraction of sp³-hybridized carbons (Fsp3) is 0.341. The third-order valence-electron chi connectivity index (χ3n) is 10.7. The number of benzene rings is 3. The zero-order valence-corrected chi connectivity index (χ0v) is 35.5. The van der Waals surface area contributed by atoms with Crippen molar-refractivity contribution in [2.45, 2.75) is 75.4 Å². The number of aliphatic hydroxyl groups is 1. The van der Waals surface area contributed by atoms with Crippen LogP contribution in [0.1, 0.15) is 67.5 Å². The van der Waals surface area contributed by atoms with E-state index in [0.29, 0.717) is 32.7 Å². The molecule has 2 amide bonds. The van der Waals surface area contributed by atoms with Crippen LogP contribution in [0.3, 0.4) is 0 Å². The van der Waals surface area contributed by atoms with Crippen molar-refractivity contribution in [3.63, 3.8) is 0 Å². The number of H-pyrrole nitrogens is 1. The molecule has 0 aliphatic carbocycles. The van der Waals surface area contributed by atoms with Gasteiger partial charge in [-0.25, -0.2) is 4.98 Å². The number of hydrogen-bond acceptors (Lipinski definition) is 11. The van der Waals surface area contributed by atoms with E-state index in [1.807, 2.05) is 57.5 Å². The Bertz CT molecular complexity index is 2580. The number of aryl methyl sites for hydroxylation is 1. The van der Waals surface area contributed by atoms with Gasteiger partial charge in [0.2, 0.25) is 0 Å². The molecule has 3 aromatic carbocycles. The summed E-state index contributed by atoms with van der Waals surface area (Å²) in [6, 6.07) is 14.2. The first-order chi connectivity index (χ1) is 28.3. The summed E-state index contributed by atoms with van der Waals surface area (Å²) in [4.78, 5) is 52.3. The molecule has 5 atom stereocenters. The van der Waals surface area contributed by atoms with Gasteiger partial charge in [0.15, 0.2) is 0 Å². The maximum absolute atomic E-state index is 14.8. The summed E-state index contributed by atoms with van der Waals surface area (Å²) in [6.45, 7) is 8.10. The van der Waals surface area contributed by atoms with Gasteiger partial charge < -0.3 is 0 Å². The summed E-state index contributed by atoms with van der Waals surface area (Å²) in [5, 5.41) is 29.1. The number of anilines is 1. The number of halogens is 3. The van der Waals surface area contributed by atoms with Crippen LogP contribution in [0.25, 0.3) is 21.2 Å². The standard InChI is InChI=1S/C41H42F2IN10O4S/c1-21-35(59-20-47-21)24-7-5-22(6-8-24)16-45-39(57)30-15-27(55)17-53(30)40(58)36(41(2,3)4)50-44-18-54-37(46-19-48-54)32-33(23-9-11-25(42)12-10-23)49-29-14-26(43)13-28-31(29)34(32)51-52-38(28)56/h5-14,19-20,27,30,32-33,36,49-50,55H,15-18H2,1-4H3,(H,45,57)(H,52,56)/q-1/t27-,30?,32?,33?,36?/m1/s1. The van der Waals surface area contributed by atoms with E-state index < -0.39 is 74.2 Å². The molecule has 14 nitrogen and oxygen atoms in total. The predicted molar refractivity (Wildman–Crippen MR) is 214 cm³/mol. The van der Waals surface area contributed by atoms with Crippen molar-refractivity contribution < 1.29 is 45.0 Å². The Morgan fingerprint density at radius 1 is 1.07 bits per heavy atom. The molecule has 59 heavy (non-hydrogen) atoms. The van der Waals surface area contributed by atoms with Gasteiger partial charge in [0.25, 0.3) is 0 Å². The summed E-state index contributed by atoms with van der Waals surface area (Å²) in [7, 11) is 0. The van der Waals surface area contributed by atoms with Gasteiger partial charge in [0.05, 0.1) is 16.1 Å². The van der Waals surface area contributed by atoms with Gasteiger partial charge in [0, 0.05) is 0 Å². The Balaban J connectivity index is 0.991. The van der Waals surface area contributed by atoms with Crippen LogP contribution in [-0.4, -0.2) is 76.5 Å². The number of alkyl halides is 1. The molecular weight excluding hydrogens is 893 g/mol. The van der Waals surface area contributed by atoms with E-state index in [1.54, 1.807) is 28.2 Å². The number of hydrogen-bond donors (Lipinski definition) is 5. The minimum absolute atomic E-state index is 0.0328. The second-order valence-electron chi connectivity index (χ2n) is 15.8. The first-order valence-electron chi connectivity index (χ1n) is 19.0. The SMILES string of the molecule is Cc1ncsc1-c1ccc(CNC(=O)C2C[C@@H](O)CN2C(=O)C(N[I-]Cn2ncnc2C2c3n[nH]c(=O)c4cc(F)cc(c34)NC2c2ccc(F)cc2)C(C)(C)C)cc1. The van der Waals surface area contributed by atoms with Crippen molar-refractivity contribution in [3.05, 3.63) is 123 Å². The molecule has 8 rings (SSSR count). The van der Waals surface area contributed by atoms with Gasteiger partial charge in [-0.05, 0) is 6.92 Å². The molecule has 308 valence electrons. The van der Waals surface area contributed by atoms with Crippen LogP contribution in [0.4, 0.5) is 14.5 Å². The molecule has 0 radical (unpaired) electrons. The average Bonchev–Trinajstić information content (AvgIpc) is 3.96. The van der Waals surface area contributed by atoms with E-state index in [2.05, 4.69) is 39.4 Å². The third-order valence-corrected chi connectivity index (χ3v) is 13.8. The number of β-amino-alcohol motifs (C(OH)–C–C–N with tert-alkyl or cyclic N) is 1. The van der Waals surface area contributed by atoms with Crippen molar-refractivity contribution in [2.75, 3.05) is 11.9 Å². The van der Waals surface area contributed by atoms with Crippen LogP contribution in [0.15, 0.2) is 77.3 Å². The molecule has 4 unspecified atom stereocenters. The molecule has 3 aromatic heterocycles. The van der Waals surface area contributed by atoms with E-state index in [-0.39, 0.29) is 36.7 Å². The summed E-state index contributed by atoms with van der Waals surface area (Å²) in [5.41, 5.74) is 5.12. The fourth-order valence-electron chi connectivity index (χ4n) is 7.74. The van der Waals surface area contributed by atoms with Crippen molar-refractivity contribution in [1.82, 2.24) is 43.7 Å². The van der Waals surface area contributed by atoms with Crippen LogP contribution in [-0.2, 0) is 20.7 Å². The Hall–Kier alpha value is -5.18. The van der Waals surface area contributed by atoms with Gasteiger partial charge >= 0.3 is 315 Å². The van der Waals surface area contributed by atoms with Gasteiger partial charge in [-0.1, -0.05) is 0 Å². The molecule has 1 fully saturated rings. The number of likely N-dealkylation sites (tertiary alicyclic amines) is 1. The topological polar surface area (TPSA) is 183 Å². The minimum atomic E-state index is -1.00. The van der Waals surface area contributed by atoms with E-state index in [4.69, 9.17) is 0 Å². The van der Waals surface area contributed by atoms with Crippen molar-refractivity contribution in [1.29, 1.82) is 0 Å². The second kappa shape index (κ2) is 16.5. The van der Waals surface area contributed by atoms with E-state index >= 15 is 0 Å². The molecule has 5 N–H and O–H groups in total. The number of carbonyl (C=O) groups excluding carboxylic acids is 2. The normalized spacial score (nSPS) is 19.5. The molecule has 5 heterocycles. The number of rotatable bonds is 11. The first-order valence-corrected chi connectivity index (χ1v) is 22.5. The molecule has 0 saturated carbocycles. The van der Waals surface area contributed by atoms with Gasteiger partial charge in [-0.3, -0.25) is 0 Å². The molecule has 1 saturated heterocycles. The zero-order valence-electron chi connectivity index (χ0n) is 32.5. The summed E-state index contributed by atoms with van der Waals surface area (Å²) in [6.07, 6.45) is 0.696. The number of aliphatic hydroxyl groups excluding tert-OH is 1. The van der Waals surface area contributed by atoms with Gasteiger partial charge in [-0.15, -0.1) is 11.3 Å². The Morgan fingerprint density at radius 2 is 1.83 bits per heavy atom. The number of thiazole rings is 1. The van der Waals surface area contributed by atoms with Gasteiger partial charge in [-0.2, -0.15) is 0 Å². The van der Waals surface area contributed by atoms with Crippen LogP contribution in [0.5, 0.6) is 0 Å². The van der Waals surface area contributed by atoms with Crippen LogP contribution in [0, 0.1) is 24.0 Å². The molecular formula is C41H42F2IN10O4S-. The Kier molecular flexibility index (Phi) is 11.3. The molecule has 0 spiro atoms. The Morgan fingerprint density at radius 3 is 2.54 bits per heavy atom. The van der Waals surface area contributed by atoms with Crippen LogP contribution in [0.2, 0.25) is 0 Å². The van der Waals surface area contributed by atoms with Crippen molar-refractivity contribution in [3.8, 4) is 10.4 Å². The number of aromatic nitrogens is 6. The third kappa shape index (κ3) is 8.22. The molecule has 6 aromatic rings. The monoisotopic (exact) mass is 935 g/mol. The van der Waals surface area contributed by atoms with E-state index in [0.717, 1.165) is 21.7 Å². The maximum atomic E-state index is 14.8. The Labute approximate surface area is 352 Å². The van der Waals surface area contributed by atoms with Crippen LogP contribution >= 0.6 is 11.3 Å². The number of aromatic amines is 1. The summed E-state index contributed by atoms with van der Waals surface area (Å²) < 4.78 is 34.4. The first kappa shape index (κ1) is 40.6. The molecule has 0 bridgehead atoms. The number of nitrogens with one attached hydrogen (secondary N) is 4. The van der Waals surface area contributed by atoms with E-state index in [1.165, 1.54) is 35.5 Å². The number of nitrogens with zero attached hydrogens (tertiary/aromatic N) is 6. The number of carbonyl (C=O) groups is 2. The van der Waals surface area contributed by atoms with Gasteiger partial charge in [0.1, 0.15) is 0 Å². The molecule has 18 heteroatoms. The summed E-state index contributed by atoms with van der Waals surface area (Å²) >= 11 is 0.568. The molecule has 2 aliphatic heterocycles. The van der Waals surface area contributed by atoms with Crippen LogP contribution < -0.4 is 41.2 Å². The number of amides is 2. The van der Waals surface area contributed by atoms with Crippen molar-refractivity contribution in [2.24, 2.45) is 5.41 Å². The van der Waals surface area contributed by atoms with E-state index in [9.17, 15) is 28.3 Å². The molecule has 2 aliphatic rings. The van der Waals surface area contributed by atoms with Crippen molar-refractivity contribution >= 4 is 39.6 Å². The fourth-order valence-corrected chi connectivity index (χ4v) is 11.2. The average molecular weight is 936 g/mol. The summed E-state index contributed by atoms with van der Waals surface area (Å²) in [5.74, 6) is -1.78. The quantitative estimate of drug-likeness (QED) is 0.0730. The predicted octanol–water partition coefficient (Wildman–Crippen LogP) is 1.77. The second-order valence-corrected chi connectivity index (χ2v) is 18.7. The zero-order chi connectivity index (χ0) is 41.6.